The molecule has 0 radical (unpaired) electrons. The molecule has 3 rings (SSSR count). The predicted octanol–water partition coefficient (Wildman–Crippen LogP) is 4.59. The third-order valence-corrected chi connectivity index (χ3v) is 5.73. The maximum atomic E-state index is 4.71. The molecule has 0 aliphatic heterocycles. The van der Waals surface area contributed by atoms with Crippen LogP contribution in [-0.4, -0.2) is 35.6 Å². The average molecular weight is 511 g/mol. The van der Waals surface area contributed by atoms with Crippen molar-refractivity contribution in [3.05, 3.63) is 51.6 Å². The number of thiazole rings is 1. The molecule has 0 spiro atoms. The normalized spacial score (nSPS) is 11.5. The largest absolute Gasteiger partial charge is 0.361 e. The van der Waals surface area contributed by atoms with Crippen molar-refractivity contribution in [1.29, 1.82) is 0 Å². The van der Waals surface area contributed by atoms with Crippen LogP contribution < -0.4 is 10.6 Å². The second-order valence-electron chi connectivity index (χ2n) is 6.65. The van der Waals surface area contributed by atoms with E-state index in [4.69, 9.17) is 4.99 Å². The summed E-state index contributed by atoms with van der Waals surface area (Å²) in [5.41, 5.74) is 3.72. The number of benzene rings is 1. The molecule has 0 saturated heterocycles. The standard InChI is InChI=1S/C21H29N5S.HI/c1-4-22-21(24-13-11-20-26-15(2)16(3)27-20)23-12-7-8-17-14-25-19-10-6-5-9-18(17)19;/h5-6,9-10,14,25H,4,7-8,11-13H2,1-3H3,(H2,22,23,24);1H. The fourth-order valence-electron chi connectivity index (χ4n) is 3.07. The van der Waals surface area contributed by atoms with Crippen molar-refractivity contribution in [3.8, 4) is 0 Å². The fourth-order valence-corrected chi connectivity index (χ4v) is 4.01. The molecule has 0 atom stereocenters. The van der Waals surface area contributed by atoms with E-state index in [0.29, 0.717) is 0 Å². The Labute approximate surface area is 188 Å². The van der Waals surface area contributed by atoms with Crippen LogP contribution in [0.4, 0.5) is 0 Å². The summed E-state index contributed by atoms with van der Waals surface area (Å²) in [7, 11) is 0. The van der Waals surface area contributed by atoms with Crippen molar-refractivity contribution >= 4 is 52.2 Å². The summed E-state index contributed by atoms with van der Waals surface area (Å²) in [5, 5.41) is 9.25. The summed E-state index contributed by atoms with van der Waals surface area (Å²) in [6.07, 6.45) is 5.11. The third-order valence-electron chi connectivity index (χ3n) is 4.60. The van der Waals surface area contributed by atoms with Crippen molar-refractivity contribution in [2.24, 2.45) is 4.99 Å². The molecule has 152 valence electrons. The first-order valence-corrected chi connectivity index (χ1v) is 10.5. The molecule has 2 heterocycles. The number of para-hydroxylation sites is 1. The van der Waals surface area contributed by atoms with Crippen molar-refractivity contribution in [3.63, 3.8) is 0 Å². The SMILES string of the molecule is CCNC(=NCCCc1c[nH]c2ccccc12)NCCc1nc(C)c(C)s1.I. The zero-order valence-corrected chi connectivity index (χ0v) is 20.0. The molecule has 1 aromatic carbocycles. The van der Waals surface area contributed by atoms with Crippen molar-refractivity contribution in [1.82, 2.24) is 20.6 Å². The first kappa shape index (κ1) is 22.7. The highest BCUT2D eigenvalue weighted by molar-refractivity contribution is 14.0. The summed E-state index contributed by atoms with van der Waals surface area (Å²) in [5.74, 6) is 0.890. The lowest BCUT2D eigenvalue weighted by Gasteiger charge is -2.10. The number of aromatic amines is 1. The van der Waals surface area contributed by atoms with Crippen LogP contribution in [0, 0.1) is 13.8 Å². The van der Waals surface area contributed by atoms with E-state index in [2.05, 4.69) is 71.8 Å². The molecule has 0 amide bonds. The maximum absolute atomic E-state index is 4.71. The smallest absolute Gasteiger partial charge is 0.191 e. The Morgan fingerprint density at radius 1 is 1.18 bits per heavy atom. The third kappa shape index (κ3) is 6.20. The molecule has 2 aromatic heterocycles. The first-order chi connectivity index (χ1) is 13.2. The van der Waals surface area contributed by atoms with E-state index in [9.17, 15) is 0 Å². The summed E-state index contributed by atoms with van der Waals surface area (Å²) in [6, 6.07) is 8.46. The second-order valence-corrected chi connectivity index (χ2v) is 7.94. The molecule has 0 saturated carbocycles. The Bertz CT molecular complexity index is 880. The monoisotopic (exact) mass is 511 g/mol. The summed E-state index contributed by atoms with van der Waals surface area (Å²) in [6.45, 7) is 8.82. The summed E-state index contributed by atoms with van der Waals surface area (Å²) >= 11 is 1.79. The van der Waals surface area contributed by atoms with Gasteiger partial charge in [-0.05, 0) is 45.2 Å². The van der Waals surface area contributed by atoms with Gasteiger partial charge in [0, 0.05) is 48.0 Å². The van der Waals surface area contributed by atoms with E-state index >= 15 is 0 Å². The van der Waals surface area contributed by atoms with Gasteiger partial charge >= 0.3 is 0 Å². The van der Waals surface area contributed by atoms with E-state index in [-0.39, 0.29) is 24.0 Å². The van der Waals surface area contributed by atoms with Crippen LogP contribution in [0.3, 0.4) is 0 Å². The molecule has 5 nitrogen and oxygen atoms in total. The minimum atomic E-state index is 0. The lowest BCUT2D eigenvalue weighted by molar-refractivity contribution is 0.776. The molecule has 0 unspecified atom stereocenters. The van der Waals surface area contributed by atoms with Gasteiger partial charge in [0.2, 0.25) is 0 Å². The number of aromatic nitrogens is 2. The van der Waals surface area contributed by atoms with Crippen LogP contribution in [0.25, 0.3) is 10.9 Å². The molecule has 28 heavy (non-hydrogen) atoms. The molecular formula is C21H30IN5S. The Morgan fingerprint density at radius 3 is 2.75 bits per heavy atom. The number of aliphatic imine (C=N–C) groups is 1. The van der Waals surface area contributed by atoms with Gasteiger partial charge in [-0.25, -0.2) is 4.98 Å². The van der Waals surface area contributed by atoms with Gasteiger partial charge < -0.3 is 15.6 Å². The maximum Gasteiger partial charge on any atom is 0.191 e. The number of guanidine groups is 1. The first-order valence-electron chi connectivity index (χ1n) is 9.67. The Balaban J connectivity index is 0.00000280. The van der Waals surface area contributed by atoms with Crippen molar-refractivity contribution in [2.45, 2.75) is 40.0 Å². The summed E-state index contributed by atoms with van der Waals surface area (Å²) in [4.78, 5) is 14.0. The Morgan fingerprint density at radius 2 is 2.00 bits per heavy atom. The number of fused-ring (bicyclic) bond motifs is 1. The van der Waals surface area contributed by atoms with E-state index in [1.54, 1.807) is 11.3 Å². The van der Waals surface area contributed by atoms with Gasteiger partial charge in [-0.3, -0.25) is 4.99 Å². The van der Waals surface area contributed by atoms with Crippen molar-refractivity contribution < 1.29 is 0 Å². The van der Waals surface area contributed by atoms with Crippen LogP contribution in [0.15, 0.2) is 35.5 Å². The van der Waals surface area contributed by atoms with Crippen LogP contribution >= 0.6 is 35.3 Å². The highest BCUT2D eigenvalue weighted by Crippen LogP contribution is 2.19. The number of hydrogen-bond donors (Lipinski definition) is 3. The van der Waals surface area contributed by atoms with Crippen LogP contribution in [0.2, 0.25) is 0 Å². The number of hydrogen-bond acceptors (Lipinski definition) is 3. The molecule has 0 aliphatic carbocycles. The number of rotatable bonds is 8. The van der Waals surface area contributed by atoms with E-state index < -0.39 is 0 Å². The van der Waals surface area contributed by atoms with Crippen LogP contribution in [-0.2, 0) is 12.8 Å². The number of aryl methyl sites for hydroxylation is 3. The highest BCUT2D eigenvalue weighted by Gasteiger charge is 2.05. The highest BCUT2D eigenvalue weighted by atomic mass is 127. The zero-order valence-electron chi connectivity index (χ0n) is 16.8. The number of halogens is 1. The molecular weight excluding hydrogens is 481 g/mol. The number of H-pyrrole nitrogens is 1. The van der Waals surface area contributed by atoms with Crippen LogP contribution in [0.1, 0.15) is 34.5 Å². The van der Waals surface area contributed by atoms with Gasteiger partial charge in [0.15, 0.2) is 5.96 Å². The van der Waals surface area contributed by atoms with Crippen LogP contribution in [0.5, 0.6) is 0 Å². The van der Waals surface area contributed by atoms with Gasteiger partial charge in [0.05, 0.1) is 10.7 Å². The van der Waals surface area contributed by atoms with E-state index in [0.717, 1.165) is 50.6 Å². The van der Waals surface area contributed by atoms with Gasteiger partial charge in [-0.15, -0.1) is 35.3 Å². The number of nitrogens with one attached hydrogen (secondary N) is 3. The second kappa shape index (κ2) is 11.4. The van der Waals surface area contributed by atoms with Gasteiger partial charge in [-0.1, -0.05) is 18.2 Å². The van der Waals surface area contributed by atoms with Gasteiger partial charge in [-0.2, -0.15) is 0 Å². The Hall–Kier alpha value is -1.61. The minimum absolute atomic E-state index is 0. The van der Waals surface area contributed by atoms with E-state index in [1.807, 2.05) is 0 Å². The lowest BCUT2D eigenvalue weighted by Crippen LogP contribution is -2.38. The molecule has 3 aromatic rings. The summed E-state index contributed by atoms with van der Waals surface area (Å²) < 4.78 is 0. The number of nitrogens with zero attached hydrogens (tertiary/aromatic N) is 2. The molecule has 0 aliphatic rings. The molecule has 3 N–H and O–H groups in total. The fraction of sp³-hybridized carbons (Fsp3) is 0.429. The van der Waals surface area contributed by atoms with E-state index in [1.165, 1.54) is 26.4 Å². The molecule has 0 bridgehead atoms. The zero-order chi connectivity index (χ0) is 19.1. The predicted molar refractivity (Wildman–Crippen MR) is 131 cm³/mol. The quantitative estimate of drug-likeness (QED) is 0.180. The average Bonchev–Trinajstić information content (AvgIpc) is 3.22. The van der Waals surface area contributed by atoms with Gasteiger partial charge in [0.1, 0.15) is 0 Å². The van der Waals surface area contributed by atoms with Crippen molar-refractivity contribution in [2.75, 3.05) is 19.6 Å². The topological polar surface area (TPSA) is 65.1 Å². The lowest BCUT2D eigenvalue weighted by atomic mass is 10.1. The Kier molecular flexibility index (Phi) is 9.24. The molecule has 0 fully saturated rings. The molecule has 7 heteroatoms. The minimum Gasteiger partial charge on any atom is -0.361 e. The van der Waals surface area contributed by atoms with Gasteiger partial charge in [0.25, 0.3) is 0 Å².